The Kier molecular flexibility index (Phi) is 6.72. The Labute approximate surface area is 126 Å². The van der Waals surface area contributed by atoms with Crippen molar-refractivity contribution < 1.29 is 9.59 Å². The number of hydrogen-bond acceptors (Lipinski definition) is 3. The minimum Gasteiger partial charge on any atom is -0.376 e. The highest BCUT2D eigenvalue weighted by Gasteiger charge is 2.08. The van der Waals surface area contributed by atoms with Crippen molar-refractivity contribution in [1.82, 2.24) is 5.32 Å². The quantitative estimate of drug-likeness (QED) is 0.723. The van der Waals surface area contributed by atoms with Crippen LogP contribution in [0.4, 0.5) is 11.4 Å². The van der Waals surface area contributed by atoms with E-state index in [1.165, 1.54) is 0 Å². The molecule has 1 aromatic carbocycles. The normalized spacial score (nSPS) is 11.9. The van der Waals surface area contributed by atoms with Crippen molar-refractivity contribution in [2.24, 2.45) is 5.92 Å². The summed E-state index contributed by atoms with van der Waals surface area (Å²) in [7, 11) is 0. The molecule has 0 heterocycles. The van der Waals surface area contributed by atoms with Gasteiger partial charge in [0.15, 0.2) is 0 Å². The largest absolute Gasteiger partial charge is 0.376 e. The Morgan fingerprint density at radius 1 is 1.14 bits per heavy atom. The topological polar surface area (TPSA) is 70.2 Å². The lowest BCUT2D eigenvalue weighted by Crippen LogP contribution is -2.36. The maximum atomic E-state index is 11.7. The summed E-state index contributed by atoms with van der Waals surface area (Å²) in [5.74, 6) is -0.134. The first-order chi connectivity index (χ1) is 9.92. The summed E-state index contributed by atoms with van der Waals surface area (Å²) in [5, 5.41) is 8.78. The van der Waals surface area contributed by atoms with Gasteiger partial charge in [0.1, 0.15) is 0 Å². The minimum absolute atomic E-state index is 0.0262. The van der Waals surface area contributed by atoms with Gasteiger partial charge in [0.2, 0.25) is 11.8 Å². The average Bonchev–Trinajstić information content (AvgIpc) is 2.45. The molecule has 0 radical (unpaired) electrons. The van der Waals surface area contributed by atoms with Gasteiger partial charge in [-0.15, -0.1) is 0 Å². The Balaban J connectivity index is 2.53. The molecule has 1 rings (SSSR count). The molecule has 0 fully saturated rings. The molecule has 0 aliphatic heterocycles. The zero-order valence-electron chi connectivity index (χ0n) is 13.2. The first kappa shape index (κ1) is 17.0. The van der Waals surface area contributed by atoms with E-state index in [1.807, 2.05) is 52.0 Å². The molecule has 1 aromatic rings. The number of rotatable bonds is 7. The van der Waals surface area contributed by atoms with E-state index >= 15 is 0 Å². The van der Waals surface area contributed by atoms with Crippen molar-refractivity contribution in [2.75, 3.05) is 17.2 Å². The van der Waals surface area contributed by atoms with E-state index in [9.17, 15) is 9.59 Å². The summed E-state index contributed by atoms with van der Waals surface area (Å²) in [6, 6.07) is 7.52. The van der Waals surface area contributed by atoms with Gasteiger partial charge in [-0.3, -0.25) is 9.59 Å². The van der Waals surface area contributed by atoms with Crippen LogP contribution < -0.4 is 16.0 Å². The second-order valence-electron chi connectivity index (χ2n) is 5.46. The van der Waals surface area contributed by atoms with Crippen LogP contribution in [0.3, 0.4) is 0 Å². The van der Waals surface area contributed by atoms with E-state index in [4.69, 9.17) is 0 Å². The minimum atomic E-state index is -0.0667. The molecule has 1 atom stereocenters. The van der Waals surface area contributed by atoms with E-state index in [2.05, 4.69) is 16.0 Å². The lowest BCUT2D eigenvalue weighted by Gasteiger charge is -2.13. The SMILES string of the molecule is CCC(C)NC(=O)CNc1cccc(NC(=O)C(C)C)c1. The van der Waals surface area contributed by atoms with Gasteiger partial charge in [-0.1, -0.05) is 26.8 Å². The molecule has 5 heteroatoms. The second kappa shape index (κ2) is 8.29. The van der Waals surface area contributed by atoms with Gasteiger partial charge in [-0.25, -0.2) is 0 Å². The maximum Gasteiger partial charge on any atom is 0.239 e. The maximum absolute atomic E-state index is 11.7. The van der Waals surface area contributed by atoms with Crippen LogP contribution in [0, 0.1) is 5.92 Å². The third-order valence-corrected chi connectivity index (χ3v) is 3.13. The predicted octanol–water partition coefficient (Wildman–Crippen LogP) is 2.61. The smallest absolute Gasteiger partial charge is 0.239 e. The Hall–Kier alpha value is -2.04. The summed E-state index contributed by atoms with van der Waals surface area (Å²) in [5.41, 5.74) is 1.52. The summed E-state index contributed by atoms with van der Waals surface area (Å²) in [4.78, 5) is 23.3. The number of anilines is 2. The number of nitrogens with one attached hydrogen (secondary N) is 3. The van der Waals surface area contributed by atoms with Crippen molar-refractivity contribution >= 4 is 23.2 Å². The van der Waals surface area contributed by atoms with Crippen LogP contribution in [0.1, 0.15) is 34.1 Å². The molecule has 0 bridgehead atoms. The zero-order chi connectivity index (χ0) is 15.8. The van der Waals surface area contributed by atoms with Gasteiger partial charge < -0.3 is 16.0 Å². The van der Waals surface area contributed by atoms with Crippen molar-refractivity contribution in [3.8, 4) is 0 Å². The van der Waals surface area contributed by atoms with Crippen LogP contribution in [-0.2, 0) is 9.59 Å². The summed E-state index contributed by atoms with van der Waals surface area (Å²) >= 11 is 0. The highest BCUT2D eigenvalue weighted by molar-refractivity contribution is 5.92. The summed E-state index contributed by atoms with van der Waals surface area (Å²) in [6.45, 7) is 7.90. The van der Waals surface area contributed by atoms with Gasteiger partial charge in [0, 0.05) is 23.3 Å². The Morgan fingerprint density at radius 3 is 2.43 bits per heavy atom. The molecule has 0 spiro atoms. The van der Waals surface area contributed by atoms with Crippen LogP contribution >= 0.6 is 0 Å². The number of carbonyl (C=O) groups excluding carboxylic acids is 2. The van der Waals surface area contributed by atoms with Crippen LogP contribution in [-0.4, -0.2) is 24.4 Å². The lowest BCUT2D eigenvalue weighted by atomic mass is 10.2. The molecule has 0 saturated carbocycles. The molecule has 0 aliphatic rings. The van der Waals surface area contributed by atoms with E-state index in [1.54, 1.807) is 0 Å². The van der Waals surface area contributed by atoms with Crippen molar-refractivity contribution in [1.29, 1.82) is 0 Å². The zero-order valence-corrected chi connectivity index (χ0v) is 13.2. The van der Waals surface area contributed by atoms with Crippen LogP contribution in [0.25, 0.3) is 0 Å². The van der Waals surface area contributed by atoms with Gasteiger partial charge in [0.05, 0.1) is 6.54 Å². The first-order valence-electron chi connectivity index (χ1n) is 7.36. The third kappa shape index (κ3) is 6.29. The molecule has 0 saturated heterocycles. The van der Waals surface area contributed by atoms with E-state index in [-0.39, 0.29) is 30.3 Å². The number of amides is 2. The number of carbonyl (C=O) groups is 2. The fourth-order valence-corrected chi connectivity index (χ4v) is 1.60. The molecular weight excluding hydrogens is 266 g/mol. The first-order valence-corrected chi connectivity index (χ1v) is 7.36. The van der Waals surface area contributed by atoms with Crippen LogP contribution in [0.15, 0.2) is 24.3 Å². The van der Waals surface area contributed by atoms with Gasteiger partial charge >= 0.3 is 0 Å². The Bertz CT molecular complexity index is 486. The number of hydrogen-bond donors (Lipinski definition) is 3. The summed E-state index contributed by atoms with van der Waals surface area (Å²) < 4.78 is 0. The molecule has 116 valence electrons. The lowest BCUT2D eigenvalue weighted by molar-refractivity contribution is -0.120. The van der Waals surface area contributed by atoms with Crippen molar-refractivity contribution in [2.45, 2.75) is 40.2 Å². The van der Waals surface area contributed by atoms with Crippen LogP contribution in [0.2, 0.25) is 0 Å². The third-order valence-electron chi connectivity index (χ3n) is 3.13. The van der Waals surface area contributed by atoms with E-state index < -0.39 is 0 Å². The van der Waals surface area contributed by atoms with Gasteiger partial charge in [-0.05, 0) is 31.5 Å². The molecule has 5 nitrogen and oxygen atoms in total. The molecule has 3 N–H and O–H groups in total. The predicted molar refractivity (Wildman–Crippen MR) is 86.3 cm³/mol. The van der Waals surface area contributed by atoms with E-state index in [0.29, 0.717) is 0 Å². The van der Waals surface area contributed by atoms with Crippen molar-refractivity contribution in [3.05, 3.63) is 24.3 Å². The highest BCUT2D eigenvalue weighted by atomic mass is 16.2. The highest BCUT2D eigenvalue weighted by Crippen LogP contribution is 2.15. The Morgan fingerprint density at radius 2 is 1.81 bits per heavy atom. The molecule has 0 aromatic heterocycles. The fraction of sp³-hybridized carbons (Fsp3) is 0.500. The molecule has 0 aliphatic carbocycles. The molecule has 21 heavy (non-hydrogen) atoms. The molecular formula is C16H25N3O2. The molecule has 2 amide bonds. The van der Waals surface area contributed by atoms with Crippen LogP contribution in [0.5, 0.6) is 0 Å². The van der Waals surface area contributed by atoms with Gasteiger partial charge in [-0.2, -0.15) is 0 Å². The monoisotopic (exact) mass is 291 g/mol. The van der Waals surface area contributed by atoms with Gasteiger partial charge in [0.25, 0.3) is 0 Å². The fourth-order valence-electron chi connectivity index (χ4n) is 1.60. The average molecular weight is 291 g/mol. The number of benzene rings is 1. The summed E-state index contributed by atoms with van der Waals surface area (Å²) in [6.07, 6.45) is 0.905. The second-order valence-corrected chi connectivity index (χ2v) is 5.46. The standard InChI is InChI=1S/C16H25N3O2/c1-5-12(4)18-15(20)10-17-13-7-6-8-14(9-13)19-16(21)11(2)3/h6-9,11-12,17H,5,10H2,1-4H3,(H,18,20)(H,19,21). The molecule has 1 unspecified atom stereocenters. The van der Waals surface area contributed by atoms with E-state index in [0.717, 1.165) is 17.8 Å². The van der Waals surface area contributed by atoms with Crippen molar-refractivity contribution in [3.63, 3.8) is 0 Å².